The van der Waals surface area contributed by atoms with E-state index >= 15 is 0 Å². The summed E-state index contributed by atoms with van der Waals surface area (Å²) in [4.78, 5) is 0. The zero-order chi connectivity index (χ0) is 13.6. The third-order valence-electron chi connectivity index (χ3n) is 3.56. The lowest BCUT2D eigenvalue weighted by atomic mass is 9.83. The predicted octanol–water partition coefficient (Wildman–Crippen LogP) is 2.07. The van der Waals surface area contributed by atoms with Gasteiger partial charge in [-0.1, -0.05) is 18.2 Å². The summed E-state index contributed by atoms with van der Waals surface area (Å²) in [5.41, 5.74) is 7.30. The topological polar surface area (TPSA) is 53.7 Å². The average Bonchev–Trinajstić information content (AvgIpc) is 2.43. The lowest BCUT2D eigenvalue weighted by molar-refractivity contribution is 0.0824. The second kappa shape index (κ2) is 6.89. The van der Waals surface area contributed by atoms with Crippen molar-refractivity contribution in [3.05, 3.63) is 29.8 Å². The van der Waals surface area contributed by atoms with E-state index in [4.69, 9.17) is 19.9 Å². The third kappa shape index (κ3) is 3.69. The summed E-state index contributed by atoms with van der Waals surface area (Å²) in [5, 5.41) is 0. The van der Waals surface area contributed by atoms with Gasteiger partial charge in [0.2, 0.25) is 0 Å². The molecule has 106 valence electrons. The van der Waals surface area contributed by atoms with E-state index in [0.29, 0.717) is 13.2 Å². The van der Waals surface area contributed by atoms with E-state index in [-0.39, 0.29) is 5.54 Å². The van der Waals surface area contributed by atoms with Crippen LogP contribution in [0.5, 0.6) is 5.75 Å². The second-order valence-electron chi connectivity index (χ2n) is 4.96. The van der Waals surface area contributed by atoms with Crippen LogP contribution in [0, 0.1) is 0 Å². The molecule has 0 fully saturated rings. The Hall–Kier alpha value is -1.10. The lowest BCUT2D eigenvalue weighted by Gasteiger charge is -2.35. The van der Waals surface area contributed by atoms with E-state index in [1.165, 1.54) is 0 Å². The fourth-order valence-corrected chi connectivity index (χ4v) is 2.40. The predicted molar refractivity (Wildman–Crippen MR) is 74.3 cm³/mol. The van der Waals surface area contributed by atoms with Crippen LogP contribution in [0.15, 0.2) is 24.3 Å². The van der Waals surface area contributed by atoms with Gasteiger partial charge >= 0.3 is 0 Å². The van der Waals surface area contributed by atoms with Crippen molar-refractivity contribution in [3.8, 4) is 5.75 Å². The third-order valence-corrected chi connectivity index (χ3v) is 3.56. The van der Waals surface area contributed by atoms with Gasteiger partial charge in [0.25, 0.3) is 0 Å². The van der Waals surface area contributed by atoms with E-state index in [1.807, 2.05) is 18.2 Å². The Kier molecular flexibility index (Phi) is 5.19. The van der Waals surface area contributed by atoms with Crippen LogP contribution < -0.4 is 10.5 Å². The van der Waals surface area contributed by atoms with Crippen molar-refractivity contribution in [2.45, 2.75) is 24.8 Å². The average molecular weight is 265 g/mol. The van der Waals surface area contributed by atoms with Crippen molar-refractivity contribution >= 4 is 0 Å². The van der Waals surface area contributed by atoms with Crippen LogP contribution in [0.1, 0.15) is 24.8 Å². The molecule has 0 saturated carbocycles. The molecule has 0 bridgehead atoms. The largest absolute Gasteiger partial charge is 0.493 e. The molecule has 2 rings (SSSR count). The van der Waals surface area contributed by atoms with Crippen LogP contribution in [0.2, 0.25) is 0 Å². The van der Waals surface area contributed by atoms with Gasteiger partial charge in [0.1, 0.15) is 5.75 Å². The second-order valence-corrected chi connectivity index (χ2v) is 4.96. The molecule has 1 heterocycles. The number of ether oxygens (including phenoxy) is 3. The summed E-state index contributed by atoms with van der Waals surface area (Å²) in [7, 11) is 1.70. The minimum Gasteiger partial charge on any atom is -0.493 e. The maximum Gasteiger partial charge on any atom is 0.124 e. The Morgan fingerprint density at radius 2 is 2.11 bits per heavy atom. The number of benzene rings is 1. The maximum atomic E-state index is 6.53. The molecule has 1 aliphatic rings. The van der Waals surface area contributed by atoms with Gasteiger partial charge < -0.3 is 19.9 Å². The number of nitrogens with two attached hydrogens (primary N) is 1. The van der Waals surface area contributed by atoms with E-state index in [9.17, 15) is 0 Å². The zero-order valence-corrected chi connectivity index (χ0v) is 11.6. The van der Waals surface area contributed by atoms with Crippen molar-refractivity contribution in [1.29, 1.82) is 0 Å². The quantitative estimate of drug-likeness (QED) is 0.767. The van der Waals surface area contributed by atoms with Gasteiger partial charge in [0.05, 0.1) is 12.1 Å². The normalized spacial score (nSPS) is 21.8. The summed E-state index contributed by atoms with van der Waals surface area (Å²) >= 11 is 0. The van der Waals surface area contributed by atoms with Crippen LogP contribution in [0.4, 0.5) is 0 Å². The molecule has 0 aromatic heterocycles. The molecule has 4 nitrogen and oxygen atoms in total. The molecule has 1 aromatic carbocycles. The summed E-state index contributed by atoms with van der Waals surface area (Å²) in [5.74, 6) is 0.913. The lowest BCUT2D eigenvalue weighted by Crippen LogP contribution is -2.42. The molecule has 0 aliphatic carbocycles. The fourth-order valence-electron chi connectivity index (χ4n) is 2.40. The highest BCUT2D eigenvalue weighted by Gasteiger charge is 2.33. The number of hydrogen-bond donors (Lipinski definition) is 1. The number of methoxy groups -OCH3 is 1. The first-order chi connectivity index (χ1) is 9.26. The van der Waals surface area contributed by atoms with Crippen molar-refractivity contribution in [1.82, 2.24) is 0 Å². The summed E-state index contributed by atoms with van der Waals surface area (Å²) in [6.07, 6.45) is 2.58. The minimum atomic E-state index is -0.323. The van der Waals surface area contributed by atoms with E-state index in [0.717, 1.165) is 43.8 Å². The zero-order valence-electron chi connectivity index (χ0n) is 11.6. The Labute approximate surface area is 114 Å². The van der Waals surface area contributed by atoms with Gasteiger partial charge in [-0.05, 0) is 18.9 Å². The number of hydrogen-bond acceptors (Lipinski definition) is 4. The van der Waals surface area contributed by atoms with Crippen LogP contribution in [0.3, 0.4) is 0 Å². The standard InChI is InChI=1S/C15H23NO3/c1-17-9-4-10-18-11-7-15(16)8-12-19-14-6-3-2-5-13(14)15/h2-3,5-6H,4,7-12,16H2,1H3. The Morgan fingerprint density at radius 3 is 2.95 bits per heavy atom. The molecule has 1 unspecified atom stereocenters. The van der Waals surface area contributed by atoms with Gasteiger partial charge in [0.15, 0.2) is 0 Å². The molecule has 2 N–H and O–H groups in total. The fraction of sp³-hybridized carbons (Fsp3) is 0.600. The van der Waals surface area contributed by atoms with E-state index in [2.05, 4.69) is 6.07 Å². The molecular weight excluding hydrogens is 242 g/mol. The first-order valence-electron chi connectivity index (χ1n) is 6.84. The summed E-state index contributed by atoms with van der Waals surface area (Å²) < 4.78 is 16.2. The highest BCUT2D eigenvalue weighted by Crippen LogP contribution is 2.37. The SMILES string of the molecule is COCCCOCCC1(N)CCOc2ccccc21. The smallest absolute Gasteiger partial charge is 0.124 e. The van der Waals surface area contributed by atoms with Crippen molar-refractivity contribution in [2.75, 3.05) is 33.5 Å². The number of rotatable bonds is 7. The first-order valence-corrected chi connectivity index (χ1v) is 6.84. The maximum absolute atomic E-state index is 6.53. The molecule has 0 saturated heterocycles. The molecule has 1 atom stereocenters. The van der Waals surface area contributed by atoms with Gasteiger partial charge in [-0.25, -0.2) is 0 Å². The van der Waals surface area contributed by atoms with Crippen LogP contribution in [-0.2, 0) is 15.0 Å². The van der Waals surface area contributed by atoms with Gasteiger partial charge in [-0.3, -0.25) is 0 Å². The van der Waals surface area contributed by atoms with Crippen molar-refractivity contribution in [3.63, 3.8) is 0 Å². The van der Waals surface area contributed by atoms with Gasteiger partial charge in [0, 0.05) is 38.9 Å². The Balaban J connectivity index is 1.86. The molecule has 0 radical (unpaired) electrons. The molecule has 0 amide bonds. The monoisotopic (exact) mass is 265 g/mol. The molecule has 0 spiro atoms. The molecule has 1 aromatic rings. The highest BCUT2D eigenvalue weighted by molar-refractivity contribution is 5.40. The Morgan fingerprint density at radius 1 is 1.26 bits per heavy atom. The molecular formula is C15H23NO3. The highest BCUT2D eigenvalue weighted by atomic mass is 16.5. The molecule has 19 heavy (non-hydrogen) atoms. The minimum absolute atomic E-state index is 0.323. The van der Waals surface area contributed by atoms with E-state index < -0.39 is 0 Å². The summed E-state index contributed by atoms with van der Waals surface area (Å²) in [6, 6.07) is 8.02. The van der Waals surface area contributed by atoms with Crippen molar-refractivity contribution < 1.29 is 14.2 Å². The van der Waals surface area contributed by atoms with Crippen LogP contribution >= 0.6 is 0 Å². The van der Waals surface area contributed by atoms with Crippen molar-refractivity contribution in [2.24, 2.45) is 5.73 Å². The number of fused-ring (bicyclic) bond motifs is 1. The van der Waals surface area contributed by atoms with Gasteiger partial charge in [-0.15, -0.1) is 0 Å². The summed E-state index contributed by atoms with van der Waals surface area (Å²) in [6.45, 7) is 2.82. The molecule has 4 heteroatoms. The van der Waals surface area contributed by atoms with Gasteiger partial charge in [-0.2, -0.15) is 0 Å². The number of para-hydroxylation sites is 1. The van der Waals surface area contributed by atoms with Crippen LogP contribution in [-0.4, -0.2) is 33.5 Å². The Bertz CT molecular complexity index is 397. The van der Waals surface area contributed by atoms with E-state index in [1.54, 1.807) is 7.11 Å². The molecule has 1 aliphatic heterocycles. The first kappa shape index (κ1) is 14.3. The van der Waals surface area contributed by atoms with Crippen LogP contribution in [0.25, 0.3) is 0 Å².